The predicted octanol–water partition coefficient (Wildman–Crippen LogP) is 4.24. The number of benzene rings is 1. The molecule has 82 valence electrons. The van der Waals surface area contributed by atoms with Crippen molar-refractivity contribution < 1.29 is 4.39 Å². The number of aromatic nitrogens is 2. The lowest BCUT2D eigenvalue weighted by molar-refractivity contribution is 0.615. The zero-order valence-corrected chi connectivity index (χ0v) is 9.98. The van der Waals surface area contributed by atoms with Gasteiger partial charge in [0.15, 0.2) is 21.9 Å². The monoisotopic (exact) mass is 276 g/mol. The fourth-order valence-corrected chi connectivity index (χ4v) is 1.64. The van der Waals surface area contributed by atoms with Gasteiger partial charge in [-0.1, -0.05) is 34.8 Å². The van der Waals surface area contributed by atoms with Crippen LogP contribution in [0.2, 0.25) is 15.3 Å². The van der Waals surface area contributed by atoms with E-state index in [-0.39, 0.29) is 16.1 Å². The first-order chi connectivity index (χ1) is 7.58. The highest BCUT2D eigenvalue weighted by Crippen LogP contribution is 2.24. The summed E-state index contributed by atoms with van der Waals surface area (Å²) in [6, 6.07) is 6.74. The van der Waals surface area contributed by atoms with Crippen molar-refractivity contribution in [1.82, 2.24) is 9.97 Å². The van der Waals surface area contributed by atoms with Crippen LogP contribution >= 0.6 is 34.8 Å². The van der Waals surface area contributed by atoms with Gasteiger partial charge in [-0.25, -0.2) is 14.4 Å². The van der Waals surface area contributed by atoms with E-state index < -0.39 is 5.82 Å². The maximum absolute atomic E-state index is 13.1. The van der Waals surface area contributed by atoms with Gasteiger partial charge >= 0.3 is 0 Å². The largest absolute Gasteiger partial charge is 0.213 e. The molecule has 0 radical (unpaired) electrons. The first kappa shape index (κ1) is 11.6. The van der Waals surface area contributed by atoms with E-state index in [1.807, 2.05) is 0 Å². The molecule has 1 heterocycles. The van der Waals surface area contributed by atoms with Crippen molar-refractivity contribution in [1.29, 1.82) is 0 Å². The molecule has 2 nitrogen and oxygen atoms in total. The Morgan fingerprint density at radius 2 is 1.38 bits per heavy atom. The smallest absolute Gasteiger partial charge is 0.197 e. The number of hydrogen-bond donors (Lipinski definition) is 0. The van der Waals surface area contributed by atoms with Crippen LogP contribution in [-0.4, -0.2) is 9.97 Å². The van der Waals surface area contributed by atoms with Gasteiger partial charge in [-0.05, 0) is 24.3 Å². The number of rotatable bonds is 1. The molecular formula is C10H4Cl3FN2. The van der Waals surface area contributed by atoms with Gasteiger partial charge in [0.1, 0.15) is 0 Å². The van der Waals surface area contributed by atoms with Crippen LogP contribution < -0.4 is 0 Å². The van der Waals surface area contributed by atoms with Crippen molar-refractivity contribution in [3.63, 3.8) is 0 Å². The lowest BCUT2D eigenvalue weighted by atomic mass is 10.2. The van der Waals surface area contributed by atoms with E-state index in [1.165, 1.54) is 0 Å². The molecule has 0 aliphatic rings. The summed E-state index contributed by atoms with van der Waals surface area (Å²) in [5.41, 5.74) is 0.660. The molecule has 2 rings (SSSR count). The average Bonchev–Trinajstić information content (AvgIpc) is 2.26. The summed E-state index contributed by atoms with van der Waals surface area (Å²) in [7, 11) is 0. The minimum atomic E-state index is -0.818. The van der Waals surface area contributed by atoms with Crippen molar-refractivity contribution in [2.45, 2.75) is 0 Å². The Kier molecular flexibility index (Phi) is 3.28. The minimum absolute atomic E-state index is 0.257. The molecule has 0 spiro atoms. The number of nitrogens with zero attached hydrogens (tertiary/aromatic N) is 2. The first-order valence-corrected chi connectivity index (χ1v) is 5.36. The van der Waals surface area contributed by atoms with E-state index in [0.717, 1.165) is 0 Å². The second kappa shape index (κ2) is 4.53. The van der Waals surface area contributed by atoms with Gasteiger partial charge in [0.25, 0.3) is 0 Å². The molecule has 0 amide bonds. The summed E-state index contributed by atoms with van der Waals surface area (Å²) in [4.78, 5) is 7.57. The molecule has 1 aromatic heterocycles. The fourth-order valence-electron chi connectivity index (χ4n) is 1.12. The van der Waals surface area contributed by atoms with E-state index in [2.05, 4.69) is 9.97 Å². The number of halogens is 4. The van der Waals surface area contributed by atoms with Crippen LogP contribution in [0.4, 0.5) is 4.39 Å². The molecule has 0 bridgehead atoms. The lowest BCUT2D eigenvalue weighted by Crippen LogP contribution is -1.94. The number of hydrogen-bond acceptors (Lipinski definition) is 2. The summed E-state index contributed by atoms with van der Waals surface area (Å²) >= 11 is 16.9. The van der Waals surface area contributed by atoms with Crippen LogP contribution in [0, 0.1) is 5.82 Å². The third kappa shape index (κ3) is 2.26. The van der Waals surface area contributed by atoms with Gasteiger partial charge in [-0.2, -0.15) is 0 Å². The molecule has 0 atom stereocenters. The van der Waals surface area contributed by atoms with Gasteiger partial charge < -0.3 is 0 Å². The topological polar surface area (TPSA) is 25.8 Å². The molecule has 0 aliphatic carbocycles. The molecule has 0 saturated carbocycles. The molecule has 2 aromatic rings. The summed E-state index contributed by atoms with van der Waals surface area (Å²) in [6.45, 7) is 0. The van der Waals surface area contributed by atoms with Gasteiger partial charge in [0.2, 0.25) is 0 Å². The molecule has 1 aromatic carbocycles. The normalized spacial score (nSPS) is 10.5. The van der Waals surface area contributed by atoms with Gasteiger partial charge in [0.05, 0.1) is 0 Å². The van der Waals surface area contributed by atoms with Crippen LogP contribution in [0.5, 0.6) is 0 Å². The molecule has 16 heavy (non-hydrogen) atoms. The molecule has 6 heteroatoms. The van der Waals surface area contributed by atoms with E-state index in [0.29, 0.717) is 10.6 Å². The maximum Gasteiger partial charge on any atom is 0.197 e. The summed E-state index contributed by atoms with van der Waals surface area (Å²) in [5.74, 6) is -0.561. The van der Waals surface area contributed by atoms with E-state index in [4.69, 9.17) is 34.8 Å². The van der Waals surface area contributed by atoms with Crippen molar-refractivity contribution in [2.24, 2.45) is 0 Å². The Morgan fingerprint density at radius 1 is 0.875 bits per heavy atom. The van der Waals surface area contributed by atoms with Crippen molar-refractivity contribution in [3.05, 3.63) is 45.4 Å². The molecule has 0 unspecified atom stereocenters. The second-order valence-corrected chi connectivity index (χ2v) is 4.10. The summed E-state index contributed by atoms with van der Waals surface area (Å²) in [6.07, 6.45) is 0. The summed E-state index contributed by atoms with van der Waals surface area (Å²) in [5, 5.41) is -0.0158. The van der Waals surface area contributed by atoms with E-state index in [9.17, 15) is 4.39 Å². The Hall–Kier alpha value is -0.900. The lowest BCUT2D eigenvalue weighted by Gasteiger charge is -2.02. The molecule has 0 saturated heterocycles. The average molecular weight is 278 g/mol. The first-order valence-electron chi connectivity index (χ1n) is 4.22. The Labute approximate surface area is 106 Å². The van der Waals surface area contributed by atoms with Gasteiger partial charge in [0, 0.05) is 10.6 Å². The minimum Gasteiger partial charge on any atom is -0.213 e. The molecule has 0 aliphatic heterocycles. The second-order valence-electron chi connectivity index (χ2n) is 2.95. The van der Waals surface area contributed by atoms with Crippen molar-refractivity contribution in [3.8, 4) is 11.4 Å². The summed E-state index contributed by atoms with van der Waals surface area (Å²) < 4.78 is 13.1. The zero-order valence-electron chi connectivity index (χ0n) is 7.72. The van der Waals surface area contributed by atoms with Crippen molar-refractivity contribution in [2.75, 3.05) is 0 Å². The predicted molar refractivity (Wildman–Crippen MR) is 62.5 cm³/mol. The standard InChI is InChI=1S/C10H4Cl3FN2/c11-6-3-1-5(2-4-6)10-15-8(12)7(14)9(13)16-10/h1-4H. The molecule has 0 N–H and O–H groups in total. The highest BCUT2D eigenvalue weighted by atomic mass is 35.5. The molecule has 0 fully saturated rings. The van der Waals surface area contributed by atoms with E-state index in [1.54, 1.807) is 24.3 Å². The highest BCUT2D eigenvalue weighted by Gasteiger charge is 2.11. The van der Waals surface area contributed by atoms with Crippen LogP contribution in [0.25, 0.3) is 11.4 Å². The Bertz CT molecular complexity index is 505. The van der Waals surface area contributed by atoms with Gasteiger partial charge in [-0.3, -0.25) is 0 Å². The third-order valence-electron chi connectivity index (χ3n) is 1.87. The quantitative estimate of drug-likeness (QED) is 0.729. The SMILES string of the molecule is Fc1c(Cl)nc(-c2ccc(Cl)cc2)nc1Cl. The fraction of sp³-hybridized carbons (Fsp3) is 0. The Morgan fingerprint density at radius 3 is 1.88 bits per heavy atom. The maximum atomic E-state index is 13.1. The van der Waals surface area contributed by atoms with Crippen LogP contribution in [0.3, 0.4) is 0 Å². The Balaban J connectivity index is 2.52. The zero-order chi connectivity index (χ0) is 11.7. The van der Waals surface area contributed by atoms with Crippen LogP contribution in [0.1, 0.15) is 0 Å². The highest BCUT2D eigenvalue weighted by molar-refractivity contribution is 6.33. The van der Waals surface area contributed by atoms with Gasteiger partial charge in [-0.15, -0.1) is 0 Å². The molecular weight excluding hydrogens is 273 g/mol. The van der Waals surface area contributed by atoms with E-state index >= 15 is 0 Å². The van der Waals surface area contributed by atoms with Crippen molar-refractivity contribution >= 4 is 34.8 Å². The third-order valence-corrected chi connectivity index (χ3v) is 2.63. The van der Waals surface area contributed by atoms with Crippen LogP contribution in [-0.2, 0) is 0 Å². The van der Waals surface area contributed by atoms with Crippen LogP contribution in [0.15, 0.2) is 24.3 Å².